The summed E-state index contributed by atoms with van der Waals surface area (Å²) in [7, 11) is 4.89. The molecule has 0 aromatic rings. The van der Waals surface area contributed by atoms with Crippen LogP contribution in [-0.4, -0.2) is 36.7 Å². The molecule has 0 unspecified atom stereocenters. The van der Waals surface area contributed by atoms with E-state index in [2.05, 4.69) is 19.6 Å². The molecule has 4 heteroatoms. The third-order valence-electron chi connectivity index (χ3n) is 0.724. The molecule has 0 amide bonds. The summed E-state index contributed by atoms with van der Waals surface area (Å²) in [5, 5.41) is 7.77. The Morgan fingerprint density at radius 2 is 2.10 bits per heavy atom. The Bertz CT molecular complexity index is 59.7. The molecule has 61 valence electrons. The monoisotopic (exact) mass is 286 g/mol. The molecule has 10 heavy (non-hydrogen) atoms. The zero-order valence-corrected chi connectivity index (χ0v) is 10.8. The van der Waals surface area contributed by atoms with Crippen LogP contribution in [-0.2, 0) is 12.6 Å². The summed E-state index contributed by atoms with van der Waals surface area (Å²) in [6.07, 6.45) is 2.72. The topological polar surface area (TPSA) is 20.2 Å². The second-order valence-corrected chi connectivity index (χ2v) is 6.27. The minimum atomic E-state index is -0.227. The van der Waals surface area contributed by atoms with E-state index in [0.29, 0.717) is 5.75 Å². The summed E-state index contributed by atoms with van der Waals surface area (Å²) < 4.78 is 1.40. The van der Waals surface area contributed by atoms with Gasteiger partial charge in [0, 0.05) is 6.61 Å². The molecule has 0 saturated heterocycles. The zero-order valence-electron chi connectivity index (χ0n) is 6.30. The first-order chi connectivity index (χ1) is 4.83. The van der Waals surface area contributed by atoms with Gasteiger partial charge >= 0.3 is 52.7 Å². The molecule has 1 nitrogen and oxygen atoms in total. The number of rotatable bonds is 4. The number of aliphatic hydroxyl groups excluding tert-OH is 1. The third-order valence-corrected chi connectivity index (χ3v) is 3.87. The fourth-order valence-electron chi connectivity index (χ4n) is 0.249. The number of unbranched alkanes of at least 4 members (excludes halogenated alkanes) is 1. The average molecular weight is 285 g/mol. The standard InChI is InChI=1S/C4H9.C2H6OS.S.Sn/c1-3-4-2;3-1-2-4;;/h1,3-4H2,2H3;3-4H,1-2H2;;/p-1. The van der Waals surface area contributed by atoms with Gasteiger partial charge in [-0.15, -0.1) is 0 Å². The molecule has 0 atom stereocenters. The largest absolute Gasteiger partial charge is 0.790 e. The molecule has 0 aromatic heterocycles. The Morgan fingerprint density at radius 1 is 1.60 bits per heavy atom. The van der Waals surface area contributed by atoms with Crippen LogP contribution in [0.2, 0.25) is 4.44 Å². The van der Waals surface area contributed by atoms with Crippen LogP contribution in [0.4, 0.5) is 0 Å². The van der Waals surface area contributed by atoms with Crippen LogP contribution in [0.15, 0.2) is 0 Å². The van der Waals surface area contributed by atoms with Crippen LogP contribution < -0.4 is 0 Å². The van der Waals surface area contributed by atoms with Crippen LogP contribution >= 0.6 is 9.29 Å². The Kier molecular flexibility index (Phi) is 23.2. The van der Waals surface area contributed by atoms with E-state index < -0.39 is 0 Å². The van der Waals surface area contributed by atoms with Crippen LogP contribution in [0, 0.1) is 0 Å². The molecule has 0 heterocycles. The van der Waals surface area contributed by atoms with Crippen molar-refractivity contribution in [2.75, 3.05) is 12.4 Å². The summed E-state index contributed by atoms with van der Waals surface area (Å²) in [5.74, 6) is 0.458. The van der Waals surface area contributed by atoms with Gasteiger partial charge in [-0.05, 0) is 0 Å². The maximum absolute atomic E-state index is 7.77. The molecule has 0 aliphatic rings. The van der Waals surface area contributed by atoms with Crippen molar-refractivity contribution in [1.29, 1.82) is 0 Å². The summed E-state index contributed by atoms with van der Waals surface area (Å²) in [4.78, 5) is 0. The van der Waals surface area contributed by atoms with Gasteiger partial charge in [-0.25, -0.2) is 0 Å². The Morgan fingerprint density at radius 3 is 2.20 bits per heavy atom. The predicted octanol–water partition coefficient (Wildman–Crippen LogP) is 1.55. The average Bonchev–Trinajstić information content (AvgIpc) is 2.01. The first kappa shape index (κ1) is 13.9. The molecule has 0 spiro atoms. The first-order valence-corrected chi connectivity index (χ1v) is 9.87. The molecule has 0 saturated carbocycles. The van der Waals surface area contributed by atoms with Crippen molar-refractivity contribution in [3.63, 3.8) is 0 Å². The van der Waals surface area contributed by atoms with Gasteiger partial charge in [0.05, 0.1) is 0 Å². The molecule has 1 N–H and O–H groups in total. The maximum atomic E-state index is 7.77. The molecule has 0 aliphatic heterocycles. The summed E-state index contributed by atoms with van der Waals surface area (Å²) in [6.45, 7) is 2.35. The van der Waals surface area contributed by atoms with E-state index >= 15 is 0 Å². The van der Waals surface area contributed by atoms with Crippen molar-refractivity contribution in [3.05, 3.63) is 0 Å². The van der Waals surface area contributed by atoms with E-state index in [1.165, 1.54) is 17.3 Å². The van der Waals surface area contributed by atoms with Crippen LogP contribution in [0.25, 0.3) is 0 Å². The van der Waals surface area contributed by atoms with E-state index in [0.717, 1.165) is 0 Å². The summed E-state index contributed by atoms with van der Waals surface area (Å²) >= 11 is 4.08. The smallest absolute Gasteiger partial charge is 0.0213 e. The van der Waals surface area contributed by atoms with Gasteiger partial charge in [0.15, 0.2) is 0 Å². The zero-order chi connectivity index (χ0) is 8.24. The molecule has 0 bridgehead atoms. The van der Waals surface area contributed by atoms with Crippen LogP contribution in [0.1, 0.15) is 19.8 Å². The third kappa shape index (κ3) is 22.8. The van der Waals surface area contributed by atoms with Gasteiger partial charge in [-0.1, -0.05) is 0 Å². The van der Waals surface area contributed by atoms with Gasteiger partial charge in [0.1, 0.15) is 0 Å². The summed E-state index contributed by atoms with van der Waals surface area (Å²) in [6, 6.07) is 0. The molecule has 0 fully saturated rings. The Balaban J connectivity index is 0. The first-order valence-electron chi connectivity index (χ1n) is 3.37. The van der Waals surface area contributed by atoms with E-state index in [9.17, 15) is 0 Å². The van der Waals surface area contributed by atoms with E-state index in [-0.39, 0.29) is 25.8 Å². The maximum Gasteiger partial charge on any atom is 0.0213 e. The van der Waals surface area contributed by atoms with E-state index in [4.69, 9.17) is 14.4 Å². The Labute approximate surface area is 82.4 Å². The number of hydrogen-bond acceptors (Lipinski definition) is 3. The Hall–Kier alpha value is 1.33. The fraction of sp³-hybridized carbons (Fsp3) is 1.00. The minimum absolute atomic E-state index is 0.134. The molecule has 0 rings (SSSR count). The molecule has 0 aromatic carbocycles. The van der Waals surface area contributed by atoms with Crippen molar-refractivity contribution in [3.8, 4) is 0 Å². The van der Waals surface area contributed by atoms with E-state index in [1.54, 1.807) is 0 Å². The molecule has 0 aliphatic carbocycles. The van der Waals surface area contributed by atoms with Crippen molar-refractivity contribution in [2.45, 2.75) is 24.2 Å². The van der Waals surface area contributed by atoms with Gasteiger partial charge in [-0.2, -0.15) is 5.75 Å². The minimum Gasteiger partial charge on any atom is -0.790 e. The molecular formula is C6H14OS2Sn-. The molecular weight excluding hydrogens is 271 g/mol. The second-order valence-electron chi connectivity index (χ2n) is 1.68. The van der Waals surface area contributed by atoms with E-state index in [1.807, 2.05) is 0 Å². The van der Waals surface area contributed by atoms with Crippen LogP contribution in [0.5, 0.6) is 0 Å². The number of hydrogen-bond donors (Lipinski definition) is 1. The normalized spacial score (nSPS) is 7.90. The van der Waals surface area contributed by atoms with Gasteiger partial charge in [0.2, 0.25) is 0 Å². The van der Waals surface area contributed by atoms with Gasteiger partial charge < -0.3 is 17.7 Å². The quantitative estimate of drug-likeness (QED) is 0.481. The summed E-state index contributed by atoms with van der Waals surface area (Å²) in [5.41, 5.74) is 0. The second kappa shape index (κ2) is 16.7. The van der Waals surface area contributed by atoms with Crippen molar-refractivity contribution >= 4 is 41.1 Å². The van der Waals surface area contributed by atoms with Crippen molar-refractivity contribution in [1.82, 2.24) is 0 Å². The van der Waals surface area contributed by atoms with Crippen LogP contribution in [0.3, 0.4) is 0 Å². The van der Waals surface area contributed by atoms with Gasteiger partial charge in [0.25, 0.3) is 0 Å². The van der Waals surface area contributed by atoms with Gasteiger partial charge in [-0.3, -0.25) is 0 Å². The fourth-order valence-corrected chi connectivity index (χ4v) is 2.64. The number of aliphatic hydroxyl groups is 1. The van der Waals surface area contributed by atoms with Crippen molar-refractivity contribution < 1.29 is 5.11 Å². The SMILES string of the molecule is CCC[CH2][Sn]=[S].OCC[S-]. The van der Waals surface area contributed by atoms with Crippen molar-refractivity contribution in [2.24, 2.45) is 0 Å². The molecule has 1 radical (unpaired) electrons. The predicted molar refractivity (Wildman–Crippen MR) is 52.4 cm³/mol.